The van der Waals surface area contributed by atoms with Crippen LogP contribution in [0.2, 0.25) is 5.15 Å². The van der Waals surface area contributed by atoms with Crippen molar-refractivity contribution in [3.8, 4) is 0 Å². The van der Waals surface area contributed by atoms with Gasteiger partial charge in [-0.15, -0.1) is 0 Å². The van der Waals surface area contributed by atoms with Gasteiger partial charge in [-0.2, -0.15) is 5.10 Å². The molecule has 0 spiro atoms. The largest absolute Gasteiger partial charge is 0.467 e. The number of aromatic nitrogens is 2. The van der Waals surface area contributed by atoms with Gasteiger partial charge in [0, 0.05) is 31.8 Å². The van der Waals surface area contributed by atoms with E-state index in [1.54, 1.807) is 35.1 Å². The summed E-state index contributed by atoms with van der Waals surface area (Å²) in [4.78, 5) is 14.3. The van der Waals surface area contributed by atoms with Crippen LogP contribution < -0.4 is 0 Å². The predicted octanol–water partition coefficient (Wildman–Crippen LogP) is 3.78. The first-order chi connectivity index (χ1) is 12.4. The molecule has 0 aliphatic carbocycles. The van der Waals surface area contributed by atoms with Gasteiger partial charge in [0.2, 0.25) is 5.91 Å². The second-order valence-corrected chi connectivity index (χ2v) is 6.89. The number of furan rings is 1. The summed E-state index contributed by atoms with van der Waals surface area (Å²) in [6.07, 6.45) is 4.84. The van der Waals surface area contributed by atoms with Crippen LogP contribution in [0.3, 0.4) is 0 Å². The highest BCUT2D eigenvalue weighted by molar-refractivity contribution is 6.31. The van der Waals surface area contributed by atoms with Crippen LogP contribution in [-0.2, 0) is 22.6 Å². The van der Waals surface area contributed by atoms with Crippen molar-refractivity contribution >= 4 is 23.6 Å². The predicted molar refractivity (Wildman–Crippen MR) is 102 cm³/mol. The molecule has 1 amide bonds. The Hall–Kier alpha value is -2.05. The van der Waals surface area contributed by atoms with Gasteiger partial charge in [-0.25, -0.2) is 0 Å². The molecule has 142 valence electrons. The van der Waals surface area contributed by atoms with Gasteiger partial charge in [-0.3, -0.25) is 9.48 Å². The topological polar surface area (TPSA) is 60.5 Å². The number of amides is 1. The average Bonchev–Trinajstić information content (AvgIpc) is 3.18. The lowest BCUT2D eigenvalue weighted by Crippen LogP contribution is -2.31. The second kappa shape index (κ2) is 9.59. The highest BCUT2D eigenvalue weighted by Crippen LogP contribution is 2.22. The Morgan fingerprint density at radius 2 is 2.27 bits per heavy atom. The molecule has 0 saturated heterocycles. The maximum absolute atomic E-state index is 12.6. The Bertz CT molecular complexity index is 736. The molecule has 2 aromatic rings. The highest BCUT2D eigenvalue weighted by Gasteiger charge is 2.15. The molecule has 0 radical (unpaired) electrons. The minimum atomic E-state index is -0.134. The third kappa shape index (κ3) is 5.47. The smallest absolute Gasteiger partial charge is 0.247 e. The van der Waals surface area contributed by atoms with Crippen molar-refractivity contribution in [2.75, 3.05) is 20.3 Å². The van der Waals surface area contributed by atoms with Gasteiger partial charge in [0.25, 0.3) is 0 Å². The van der Waals surface area contributed by atoms with Gasteiger partial charge >= 0.3 is 0 Å². The summed E-state index contributed by atoms with van der Waals surface area (Å²) < 4.78 is 12.2. The quantitative estimate of drug-likeness (QED) is 0.622. The normalized spacial score (nSPS) is 11.6. The first kappa shape index (κ1) is 20.3. The first-order valence-corrected chi connectivity index (χ1v) is 9.01. The van der Waals surface area contributed by atoms with E-state index in [-0.39, 0.29) is 5.91 Å². The maximum Gasteiger partial charge on any atom is 0.247 e. The minimum Gasteiger partial charge on any atom is -0.467 e. The molecule has 6 nitrogen and oxygen atoms in total. The number of nitrogens with zero attached hydrogens (tertiary/aromatic N) is 3. The highest BCUT2D eigenvalue weighted by atomic mass is 35.5. The molecule has 0 aromatic carbocycles. The van der Waals surface area contributed by atoms with Crippen molar-refractivity contribution in [3.05, 3.63) is 46.6 Å². The minimum absolute atomic E-state index is 0.134. The lowest BCUT2D eigenvalue weighted by atomic mass is 10.2. The van der Waals surface area contributed by atoms with Crippen molar-refractivity contribution < 1.29 is 13.9 Å². The monoisotopic (exact) mass is 379 g/mol. The van der Waals surface area contributed by atoms with Crippen molar-refractivity contribution in [2.24, 2.45) is 5.92 Å². The van der Waals surface area contributed by atoms with Gasteiger partial charge in [0.05, 0.1) is 25.1 Å². The Kier molecular flexibility index (Phi) is 7.48. The molecular formula is C19H26ClN3O3. The zero-order chi connectivity index (χ0) is 19.1. The number of methoxy groups -OCH3 is 1. The van der Waals surface area contributed by atoms with Crippen LogP contribution >= 0.6 is 11.6 Å². The van der Waals surface area contributed by atoms with Gasteiger partial charge in [0.15, 0.2) is 0 Å². The molecule has 0 aliphatic heterocycles. The van der Waals surface area contributed by atoms with E-state index in [9.17, 15) is 4.79 Å². The van der Waals surface area contributed by atoms with Crippen LogP contribution in [0, 0.1) is 12.8 Å². The molecule has 0 fully saturated rings. The number of carbonyl (C=O) groups is 1. The Balaban J connectivity index is 2.13. The third-order valence-electron chi connectivity index (χ3n) is 3.84. The molecule has 2 rings (SSSR count). The van der Waals surface area contributed by atoms with Crippen LogP contribution in [0.4, 0.5) is 0 Å². The van der Waals surface area contributed by atoms with E-state index in [4.69, 9.17) is 20.8 Å². The summed E-state index contributed by atoms with van der Waals surface area (Å²) in [5.74, 6) is 1.02. The Labute approximate surface area is 159 Å². The first-order valence-electron chi connectivity index (χ1n) is 8.63. The molecule has 0 bridgehead atoms. The number of aryl methyl sites for hydroxylation is 1. The second-order valence-electron chi connectivity index (χ2n) is 6.53. The summed E-state index contributed by atoms with van der Waals surface area (Å²) >= 11 is 6.42. The molecule has 0 unspecified atom stereocenters. The maximum atomic E-state index is 12.6. The summed E-state index contributed by atoms with van der Waals surface area (Å²) in [6, 6.07) is 3.64. The fraction of sp³-hybridized carbons (Fsp3) is 0.474. The van der Waals surface area contributed by atoms with Crippen molar-refractivity contribution in [3.63, 3.8) is 0 Å². The summed E-state index contributed by atoms with van der Waals surface area (Å²) in [6.45, 7) is 8.15. The number of rotatable bonds is 9. The lowest BCUT2D eigenvalue weighted by Gasteiger charge is -2.19. The molecule has 0 atom stereocenters. The molecule has 0 N–H and O–H groups in total. The number of halogens is 1. The van der Waals surface area contributed by atoms with Crippen molar-refractivity contribution in [2.45, 2.75) is 33.9 Å². The summed E-state index contributed by atoms with van der Waals surface area (Å²) in [5.41, 5.74) is 1.57. The van der Waals surface area contributed by atoms with Gasteiger partial charge in [-0.1, -0.05) is 25.4 Å². The van der Waals surface area contributed by atoms with E-state index in [1.165, 1.54) is 6.08 Å². The fourth-order valence-electron chi connectivity index (χ4n) is 2.54. The van der Waals surface area contributed by atoms with Crippen LogP contribution in [0.5, 0.6) is 0 Å². The zero-order valence-corrected chi connectivity index (χ0v) is 16.5. The lowest BCUT2D eigenvalue weighted by molar-refractivity contribution is -0.127. The number of hydrogen-bond acceptors (Lipinski definition) is 4. The van der Waals surface area contributed by atoms with Gasteiger partial charge in [-0.05, 0) is 31.1 Å². The van der Waals surface area contributed by atoms with Gasteiger partial charge < -0.3 is 14.1 Å². The van der Waals surface area contributed by atoms with E-state index in [0.717, 1.165) is 23.6 Å². The van der Waals surface area contributed by atoms with Crippen molar-refractivity contribution in [1.82, 2.24) is 14.7 Å². The van der Waals surface area contributed by atoms with Crippen LogP contribution in [0.1, 0.15) is 30.9 Å². The van der Waals surface area contributed by atoms with Crippen LogP contribution in [0.15, 0.2) is 28.9 Å². The molecule has 2 aromatic heterocycles. The zero-order valence-electron chi connectivity index (χ0n) is 15.7. The van der Waals surface area contributed by atoms with E-state index >= 15 is 0 Å². The SMILES string of the molecule is COCCN(Cc1ccco1)C(=O)/C=C/c1c(C)nn(CC(C)C)c1Cl. The molecule has 26 heavy (non-hydrogen) atoms. The van der Waals surface area contributed by atoms with E-state index in [2.05, 4.69) is 18.9 Å². The average molecular weight is 380 g/mol. The van der Waals surface area contributed by atoms with E-state index < -0.39 is 0 Å². The standard InChI is InChI=1S/C19H26ClN3O3/c1-14(2)12-23-19(20)17(15(3)21-23)7-8-18(24)22(9-11-25-4)13-16-6-5-10-26-16/h5-8,10,14H,9,11-13H2,1-4H3/b8-7+. The third-order valence-corrected chi connectivity index (χ3v) is 4.24. The van der Waals surface area contributed by atoms with Crippen LogP contribution in [0.25, 0.3) is 6.08 Å². The summed E-state index contributed by atoms with van der Waals surface area (Å²) in [7, 11) is 1.61. The molecule has 7 heteroatoms. The van der Waals surface area contributed by atoms with E-state index in [1.807, 2.05) is 13.0 Å². The Morgan fingerprint density at radius 3 is 2.88 bits per heavy atom. The van der Waals surface area contributed by atoms with E-state index in [0.29, 0.717) is 30.8 Å². The molecule has 0 aliphatic rings. The number of ether oxygens (including phenoxy) is 1. The Morgan fingerprint density at radius 1 is 1.50 bits per heavy atom. The van der Waals surface area contributed by atoms with Gasteiger partial charge in [0.1, 0.15) is 10.9 Å². The molecular weight excluding hydrogens is 354 g/mol. The molecule has 0 saturated carbocycles. The fourth-order valence-corrected chi connectivity index (χ4v) is 2.85. The number of carbonyl (C=O) groups excluding carboxylic acids is 1. The number of hydrogen-bond donors (Lipinski definition) is 0. The molecule has 2 heterocycles. The summed E-state index contributed by atoms with van der Waals surface area (Å²) in [5, 5.41) is 5.01. The van der Waals surface area contributed by atoms with Crippen molar-refractivity contribution in [1.29, 1.82) is 0 Å². The van der Waals surface area contributed by atoms with Crippen LogP contribution in [-0.4, -0.2) is 40.8 Å².